The van der Waals surface area contributed by atoms with Crippen molar-refractivity contribution in [1.29, 1.82) is 0 Å². The van der Waals surface area contributed by atoms with Gasteiger partial charge < -0.3 is 5.73 Å². The van der Waals surface area contributed by atoms with Gasteiger partial charge in [-0.05, 0) is 36.2 Å². The van der Waals surface area contributed by atoms with Crippen molar-refractivity contribution in [3.8, 4) is 0 Å². The molecule has 0 unspecified atom stereocenters. The van der Waals surface area contributed by atoms with Gasteiger partial charge in [-0.2, -0.15) is 0 Å². The Morgan fingerprint density at radius 2 is 1.84 bits per heavy atom. The molecule has 19 heavy (non-hydrogen) atoms. The smallest absolute Gasteiger partial charge is 0.0546 e. The Balaban J connectivity index is 2.35. The van der Waals surface area contributed by atoms with Crippen LogP contribution in [0.1, 0.15) is 24.9 Å². The van der Waals surface area contributed by atoms with E-state index in [1.165, 1.54) is 0 Å². The normalized spacial score (nSPS) is 12.4. The maximum atomic E-state index is 6.20. The number of nitrogens with two attached hydrogens (primary N) is 1. The molecule has 0 fully saturated rings. The van der Waals surface area contributed by atoms with Crippen molar-refractivity contribution >= 4 is 35.0 Å². The third-order valence-corrected chi connectivity index (χ3v) is 4.70. The van der Waals surface area contributed by atoms with E-state index in [4.69, 9.17) is 28.9 Å². The molecule has 0 heterocycles. The number of hydrogen-bond donors (Lipinski definition) is 1. The van der Waals surface area contributed by atoms with E-state index in [0.717, 1.165) is 21.8 Å². The second-order valence-corrected chi connectivity index (χ2v) is 6.16. The van der Waals surface area contributed by atoms with E-state index in [1.54, 1.807) is 17.8 Å². The lowest BCUT2D eigenvalue weighted by atomic mass is 10.1. The molecule has 2 aromatic carbocycles. The van der Waals surface area contributed by atoms with Crippen LogP contribution in [0.3, 0.4) is 0 Å². The van der Waals surface area contributed by atoms with E-state index in [1.807, 2.05) is 24.3 Å². The van der Waals surface area contributed by atoms with E-state index in [-0.39, 0.29) is 6.04 Å². The topological polar surface area (TPSA) is 26.0 Å². The van der Waals surface area contributed by atoms with Gasteiger partial charge in [0.15, 0.2) is 0 Å². The van der Waals surface area contributed by atoms with Crippen molar-refractivity contribution in [3.63, 3.8) is 0 Å². The molecule has 0 amide bonds. The molecule has 0 spiro atoms. The fraction of sp³-hybridized carbons (Fsp3) is 0.200. The fourth-order valence-corrected chi connectivity index (χ4v) is 3.32. The summed E-state index contributed by atoms with van der Waals surface area (Å²) in [5.74, 6) is 0. The lowest BCUT2D eigenvalue weighted by Gasteiger charge is -2.15. The first kappa shape index (κ1) is 14.7. The minimum Gasteiger partial charge on any atom is -0.324 e. The molecular weight excluding hydrogens is 297 g/mol. The molecule has 0 saturated heterocycles. The van der Waals surface area contributed by atoms with Gasteiger partial charge in [0.25, 0.3) is 0 Å². The van der Waals surface area contributed by atoms with Crippen molar-refractivity contribution in [2.45, 2.75) is 29.2 Å². The summed E-state index contributed by atoms with van der Waals surface area (Å²) in [6.07, 6.45) is 0.904. The Hall–Kier alpha value is -0.670. The fourth-order valence-electron chi connectivity index (χ4n) is 1.77. The van der Waals surface area contributed by atoms with Gasteiger partial charge in [-0.3, -0.25) is 0 Å². The van der Waals surface area contributed by atoms with Crippen LogP contribution in [0.4, 0.5) is 0 Å². The van der Waals surface area contributed by atoms with Crippen LogP contribution in [0.15, 0.2) is 52.3 Å². The summed E-state index contributed by atoms with van der Waals surface area (Å²) >= 11 is 13.8. The Bertz CT molecular complexity index is 572. The molecule has 1 nitrogen and oxygen atoms in total. The van der Waals surface area contributed by atoms with Gasteiger partial charge in [0.2, 0.25) is 0 Å². The summed E-state index contributed by atoms with van der Waals surface area (Å²) in [7, 11) is 0. The van der Waals surface area contributed by atoms with E-state index in [2.05, 4.69) is 19.1 Å². The zero-order valence-corrected chi connectivity index (χ0v) is 12.9. The number of halogens is 2. The first-order chi connectivity index (χ1) is 9.11. The number of hydrogen-bond acceptors (Lipinski definition) is 2. The lowest BCUT2D eigenvalue weighted by molar-refractivity contribution is 0.685. The van der Waals surface area contributed by atoms with Gasteiger partial charge in [0.1, 0.15) is 0 Å². The molecule has 0 aliphatic carbocycles. The zero-order chi connectivity index (χ0) is 13.8. The lowest BCUT2D eigenvalue weighted by Crippen LogP contribution is -2.09. The summed E-state index contributed by atoms with van der Waals surface area (Å²) in [5.41, 5.74) is 7.29. The summed E-state index contributed by atoms with van der Waals surface area (Å²) in [4.78, 5) is 2.07. The predicted octanol–water partition coefficient (Wildman–Crippen LogP) is 5.55. The molecule has 0 bridgehead atoms. The number of benzene rings is 2. The van der Waals surface area contributed by atoms with E-state index in [9.17, 15) is 0 Å². The van der Waals surface area contributed by atoms with Crippen LogP contribution < -0.4 is 5.73 Å². The highest BCUT2D eigenvalue weighted by Crippen LogP contribution is 2.38. The maximum Gasteiger partial charge on any atom is 0.0546 e. The summed E-state index contributed by atoms with van der Waals surface area (Å²) in [6, 6.07) is 13.7. The van der Waals surface area contributed by atoms with E-state index in [0.29, 0.717) is 10.0 Å². The molecule has 100 valence electrons. The van der Waals surface area contributed by atoms with E-state index < -0.39 is 0 Å². The molecule has 4 heteroatoms. The molecule has 0 aliphatic heterocycles. The van der Waals surface area contributed by atoms with E-state index >= 15 is 0 Å². The minimum atomic E-state index is 0.0432. The average Bonchev–Trinajstić information content (AvgIpc) is 2.42. The van der Waals surface area contributed by atoms with Crippen LogP contribution >= 0.6 is 35.0 Å². The molecule has 2 rings (SSSR count). The summed E-state index contributed by atoms with van der Waals surface area (Å²) < 4.78 is 0. The van der Waals surface area contributed by atoms with Crippen LogP contribution in [0, 0.1) is 0 Å². The number of rotatable bonds is 4. The third kappa shape index (κ3) is 3.67. The minimum absolute atomic E-state index is 0.0432. The molecule has 2 aromatic rings. The van der Waals surface area contributed by atoms with Crippen molar-refractivity contribution < 1.29 is 0 Å². The van der Waals surface area contributed by atoms with Crippen LogP contribution in [-0.2, 0) is 0 Å². The van der Waals surface area contributed by atoms with Crippen LogP contribution in [0.25, 0.3) is 0 Å². The SMILES string of the molecule is CC[C@H](N)c1ccccc1Sc1cc(Cl)ccc1Cl. The first-order valence-electron chi connectivity index (χ1n) is 6.09. The second-order valence-electron chi connectivity index (χ2n) is 4.23. The molecule has 1 atom stereocenters. The largest absolute Gasteiger partial charge is 0.324 e. The van der Waals surface area contributed by atoms with Crippen LogP contribution in [0.5, 0.6) is 0 Å². The molecule has 2 N–H and O–H groups in total. The predicted molar refractivity (Wildman–Crippen MR) is 84.2 cm³/mol. The monoisotopic (exact) mass is 311 g/mol. The molecule has 0 saturated carbocycles. The van der Waals surface area contributed by atoms with Gasteiger partial charge in [-0.1, -0.05) is 60.1 Å². The van der Waals surface area contributed by atoms with Crippen LogP contribution in [-0.4, -0.2) is 0 Å². The van der Waals surface area contributed by atoms with Crippen molar-refractivity contribution in [2.75, 3.05) is 0 Å². The van der Waals surface area contributed by atoms with Gasteiger partial charge in [0.05, 0.1) is 5.02 Å². The standard InChI is InChI=1S/C15H15Cl2NS/c1-2-13(18)11-5-3-4-6-14(11)19-15-9-10(16)7-8-12(15)17/h3-9,13H,2,18H2,1H3/t13-/m0/s1. The van der Waals surface area contributed by atoms with Gasteiger partial charge in [-0.25, -0.2) is 0 Å². The first-order valence-corrected chi connectivity index (χ1v) is 7.66. The highest BCUT2D eigenvalue weighted by Gasteiger charge is 2.11. The third-order valence-electron chi connectivity index (χ3n) is 2.87. The Kier molecular flexibility index (Phi) is 5.17. The quantitative estimate of drug-likeness (QED) is 0.800. The molecule has 0 radical (unpaired) electrons. The van der Waals surface area contributed by atoms with Gasteiger partial charge in [-0.15, -0.1) is 0 Å². The van der Waals surface area contributed by atoms with Crippen molar-refractivity contribution in [2.24, 2.45) is 5.73 Å². The highest BCUT2D eigenvalue weighted by molar-refractivity contribution is 7.99. The van der Waals surface area contributed by atoms with Crippen LogP contribution in [0.2, 0.25) is 10.0 Å². The maximum absolute atomic E-state index is 6.20. The molecule has 0 aromatic heterocycles. The van der Waals surface area contributed by atoms with Crippen molar-refractivity contribution in [3.05, 3.63) is 58.1 Å². The molecule has 0 aliphatic rings. The Labute approximate surface area is 128 Å². The van der Waals surface area contributed by atoms with Crippen molar-refractivity contribution in [1.82, 2.24) is 0 Å². The average molecular weight is 312 g/mol. The zero-order valence-electron chi connectivity index (χ0n) is 10.6. The Morgan fingerprint density at radius 1 is 1.11 bits per heavy atom. The summed E-state index contributed by atoms with van der Waals surface area (Å²) in [5, 5.41) is 1.39. The van der Waals surface area contributed by atoms with Gasteiger partial charge in [0, 0.05) is 20.9 Å². The highest BCUT2D eigenvalue weighted by atomic mass is 35.5. The molecular formula is C15H15Cl2NS. The summed E-state index contributed by atoms with van der Waals surface area (Å²) in [6.45, 7) is 2.08. The van der Waals surface area contributed by atoms with Gasteiger partial charge >= 0.3 is 0 Å². The second kappa shape index (κ2) is 6.67. The Morgan fingerprint density at radius 3 is 2.58 bits per heavy atom.